The maximum absolute atomic E-state index is 11.7. The Morgan fingerprint density at radius 2 is 1.93 bits per heavy atom. The number of carbonyl (C=O) groups is 1. The highest BCUT2D eigenvalue weighted by Crippen LogP contribution is 2.32. The van der Waals surface area contributed by atoms with E-state index in [1.165, 1.54) is 5.30 Å². The van der Waals surface area contributed by atoms with Crippen molar-refractivity contribution in [2.45, 2.75) is 12.8 Å². The second kappa shape index (κ2) is 8.47. The normalized spacial score (nSPS) is 13.0. The molecule has 3 N–H and O–H groups in total. The molecule has 0 saturated carbocycles. The van der Waals surface area contributed by atoms with E-state index in [-0.39, 0.29) is 13.8 Å². The average molecular weight is 470 g/mol. The van der Waals surface area contributed by atoms with Crippen LogP contribution in [0, 0.1) is 0 Å². The minimum atomic E-state index is -0.250. The van der Waals surface area contributed by atoms with Crippen LogP contribution < -0.4 is 21.3 Å². The lowest BCUT2D eigenvalue weighted by atomic mass is 10.0. The molecule has 0 aliphatic carbocycles. The van der Waals surface area contributed by atoms with Crippen LogP contribution in [0.3, 0.4) is 0 Å². The number of fused-ring (bicyclic) bond motifs is 1. The number of rotatable bonds is 5. The van der Waals surface area contributed by atoms with E-state index in [0.717, 1.165) is 33.5 Å². The molecule has 3 aromatic rings. The van der Waals surface area contributed by atoms with E-state index in [2.05, 4.69) is 73.4 Å². The van der Waals surface area contributed by atoms with Gasteiger partial charge in [0.25, 0.3) is 0 Å². The van der Waals surface area contributed by atoms with Crippen molar-refractivity contribution in [2.24, 2.45) is 0 Å². The maximum atomic E-state index is 11.7. The van der Waals surface area contributed by atoms with Crippen LogP contribution in [0.1, 0.15) is 12.0 Å². The number of halogens is 1. The van der Waals surface area contributed by atoms with E-state index in [1.807, 2.05) is 24.3 Å². The topological polar surface area (TPSA) is 78.9 Å². The van der Waals surface area contributed by atoms with Crippen molar-refractivity contribution < 1.29 is 4.79 Å². The van der Waals surface area contributed by atoms with Crippen molar-refractivity contribution >= 4 is 63.9 Å². The lowest BCUT2D eigenvalue weighted by Gasteiger charge is -2.18. The van der Waals surface area contributed by atoms with E-state index in [0.29, 0.717) is 18.2 Å². The van der Waals surface area contributed by atoms with E-state index in [9.17, 15) is 4.79 Å². The van der Waals surface area contributed by atoms with Crippen LogP contribution >= 0.6 is 23.9 Å². The number of nitrogens with one attached hydrogen (secondary N) is 3. The third-order valence-electron chi connectivity index (χ3n) is 4.64. The van der Waals surface area contributed by atoms with Crippen molar-refractivity contribution in [2.75, 3.05) is 29.3 Å². The predicted molar refractivity (Wildman–Crippen MR) is 125 cm³/mol. The number of aryl methyl sites for hydroxylation is 1. The molecule has 1 aliphatic heterocycles. The molecule has 0 radical (unpaired) electrons. The molecular formula is C21H21BrN5OP. The SMILES string of the molecule is CP(C)c1ccccc1Nc1nc(Nc2ccc3c(c2)NC(=O)CC3)ncc1Br. The van der Waals surface area contributed by atoms with Crippen molar-refractivity contribution in [3.8, 4) is 0 Å². The van der Waals surface area contributed by atoms with Crippen molar-refractivity contribution in [3.05, 3.63) is 58.7 Å². The molecule has 1 amide bonds. The monoisotopic (exact) mass is 469 g/mol. The average Bonchev–Trinajstić information content (AvgIpc) is 2.70. The zero-order valence-electron chi connectivity index (χ0n) is 16.2. The Kier molecular flexibility index (Phi) is 5.79. The Morgan fingerprint density at radius 3 is 2.76 bits per heavy atom. The molecular weight excluding hydrogens is 449 g/mol. The van der Waals surface area contributed by atoms with Crippen LogP contribution in [0.2, 0.25) is 0 Å². The van der Waals surface area contributed by atoms with E-state index < -0.39 is 0 Å². The van der Waals surface area contributed by atoms with Gasteiger partial charge in [-0.05, 0) is 64.7 Å². The van der Waals surface area contributed by atoms with Gasteiger partial charge in [-0.1, -0.05) is 32.2 Å². The first kappa shape index (κ1) is 19.8. The number of para-hydroxylation sites is 1. The second-order valence-corrected chi connectivity index (χ2v) is 10.1. The molecule has 1 aliphatic rings. The molecule has 148 valence electrons. The highest BCUT2D eigenvalue weighted by molar-refractivity contribution is 9.10. The van der Waals surface area contributed by atoms with Gasteiger partial charge in [-0.25, -0.2) is 4.98 Å². The second-order valence-electron chi connectivity index (χ2n) is 6.97. The number of hydrogen-bond acceptors (Lipinski definition) is 5. The number of nitrogens with zero attached hydrogens (tertiary/aromatic N) is 2. The summed E-state index contributed by atoms with van der Waals surface area (Å²) in [6.07, 6.45) is 3.02. The van der Waals surface area contributed by atoms with Gasteiger partial charge in [0.15, 0.2) is 0 Å². The highest BCUT2D eigenvalue weighted by atomic mass is 79.9. The smallest absolute Gasteiger partial charge is 0.229 e. The zero-order chi connectivity index (χ0) is 20.4. The summed E-state index contributed by atoms with van der Waals surface area (Å²) in [6.45, 7) is 4.46. The third-order valence-corrected chi connectivity index (χ3v) is 6.58. The van der Waals surface area contributed by atoms with Crippen LogP contribution in [0.4, 0.5) is 28.8 Å². The molecule has 2 aromatic carbocycles. The fraction of sp³-hybridized carbons (Fsp3) is 0.190. The number of benzene rings is 2. The van der Waals surface area contributed by atoms with Gasteiger partial charge in [0.2, 0.25) is 11.9 Å². The Bertz CT molecular complexity index is 1070. The van der Waals surface area contributed by atoms with Gasteiger partial charge in [-0.3, -0.25) is 4.79 Å². The van der Waals surface area contributed by atoms with Gasteiger partial charge in [-0.2, -0.15) is 4.98 Å². The van der Waals surface area contributed by atoms with Gasteiger partial charge in [0.1, 0.15) is 5.82 Å². The number of hydrogen-bond donors (Lipinski definition) is 3. The molecule has 0 bridgehead atoms. The van der Waals surface area contributed by atoms with Gasteiger partial charge in [-0.15, -0.1) is 0 Å². The summed E-state index contributed by atoms with van der Waals surface area (Å²) in [7, 11) is -0.250. The lowest BCUT2D eigenvalue weighted by Crippen LogP contribution is -2.18. The summed E-state index contributed by atoms with van der Waals surface area (Å²) in [5, 5.41) is 10.9. The Morgan fingerprint density at radius 1 is 1.10 bits per heavy atom. The van der Waals surface area contributed by atoms with Gasteiger partial charge >= 0.3 is 0 Å². The van der Waals surface area contributed by atoms with Crippen LogP contribution in [-0.4, -0.2) is 29.2 Å². The molecule has 29 heavy (non-hydrogen) atoms. The summed E-state index contributed by atoms with van der Waals surface area (Å²) < 4.78 is 0.784. The summed E-state index contributed by atoms with van der Waals surface area (Å²) in [4.78, 5) is 20.7. The molecule has 0 unspecified atom stereocenters. The Labute approximate surface area is 179 Å². The van der Waals surface area contributed by atoms with E-state index >= 15 is 0 Å². The lowest BCUT2D eigenvalue weighted by molar-refractivity contribution is -0.116. The Hall–Kier alpha value is -2.50. The number of aromatic nitrogens is 2. The van der Waals surface area contributed by atoms with E-state index in [1.54, 1.807) is 6.20 Å². The van der Waals surface area contributed by atoms with Gasteiger partial charge < -0.3 is 16.0 Å². The molecule has 0 atom stereocenters. The largest absolute Gasteiger partial charge is 0.339 e. The Balaban J connectivity index is 1.58. The molecule has 0 fully saturated rings. The van der Waals surface area contributed by atoms with Gasteiger partial charge in [0.05, 0.1) is 4.47 Å². The number of carbonyl (C=O) groups excluding carboxylic acids is 1. The van der Waals surface area contributed by atoms with Crippen LogP contribution in [0.25, 0.3) is 0 Å². The maximum Gasteiger partial charge on any atom is 0.229 e. The fourth-order valence-electron chi connectivity index (χ4n) is 3.19. The quantitative estimate of drug-likeness (QED) is 0.459. The van der Waals surface area contributed by atoms with Crippen LogP contribution in [0.15, 0.2) is 53.1 Å². The zero-order valence-corrected chi connectivity index (χ0v) is 18.6. The van der Waals surface area contributed by atoms with Crippen molar-refractivity contribution in [1.29, 1.82) is 0 Å². The van der Waals surface area contributed by atoms with Gasteiger partial charge in [0, 0.05) is 29.7 Å². The first-order valence-electron chi connectivity index (χ1n) is 9.25. The molecule has 2 heterocycles. The third kappa shape index (κ3) is 4.57. The predicted octanol–water partition coefficient (Wildman–Crippen LogP) is 4.98. The minimum Gasteiger partial charge on any atom is -0.339 e. The molecule has 0 spiro atoms. The fourth-order valence-corrected chi connectivity index (χ4v) is 4.48. The van der Waals surface area contributed by atoms with Crippen molar-refractivity contribution in [1.82, 2.24) is 9.97 Å². The summed E-state index contributed by atoms with van der Waals surface area (Å²) >= 11 is 3.53. The van der Waals surface area contributed by atoms with Crippen LogP contribution in [0.5, 0.6) is 0 Å². The minimum absolute atomic E-state index is 0.0477. The molecule has 1 aromatic heterocycles. The molecule has 6 nitrogen and oxygen atoms in total. The van der Waals surface area contributed by atoms with Crippen LogP contribution in [-0.2, 0) is 11.2 Å². The molecule has 4 rings (SSSR count). The molecule has 8 heteroatoms. The highest BCUT2D eigenvalue weighted by Gasteiger charge is 2.15. The van der Waals surface area contributed by atoms with Crippen molar-refractivity contribution in [3.63, 3.8) is 0 Å². The first-order chi connectivity index (χ1) is 14.0. The summed E-state index contributed by atoms with van der Waals surface area (Å²) in [6, 6.07) is 14.2. The number of anilines is 5. The van der Waals surface area contributed by atoms with E-state index in [4.69, 9.17) is 0 Å². The number of amides is 1. The first-order valence-corrected chi connectivity index (χ1v) is 12.3. The summed E-state index contributed by atoms with van der Waals surface area (Å²) in [5.74, 6) is 1.22. The molecule has 0 saturated heterocycles. The standard InChI is InChI=1S/C21H21BrN5OP/c1-29(2)18-6-4-3-5-16(18)26-20-15(22)12-23-21(27-20)24-14-9-7-13-8-10-19(28)25-17(13)11-14/h3-7,9,11-12H,8,10H2,1-2H3,(H,25,28)(H2,23,24,26,27). The summed E-state index contributed by atoms with van der Waals surface area (Å²) in [5.41, 5.74) is 3.85.